The minimum absolute atomic E-state index is 0.0392. The van der Waals surface area contributed by atoms with E-state index in [9.17, 15) is 4.79 Å². The van der Waals surface area contributed by atoms with Crippen LogP contribution in [-0.2, 0) is 6.54 Å². The first-order valence-electron chi connectivity index (χ1n) is 6.53. The molecule has 1 aromatic heterocycles. The summed E-state index contributed by atoms with van der Waals surface area (Å²) in [6.45, 7) is 0.489. The van der Waals surface area contributed by atoms with Crippen molar-refractivity contribution in [2.24, 2.45) is 0 Å². The third kappa shape index (κ3) is 2.72. The zero-order valence-corrected chi connectivity index (χ0v) is 12.5. The van der Waals surface area contributed by atoms with Gasteiger partial charge in [-0.25, -0.2) is 0 Å². The molecule has 2 N–H and O–H groups in total. The normalized spacial score (nSPS) is 14.2. The van der Waals surface area contributed by atoms with Gasteiger partial charge in [0.1, 0.15) is 5.76 Å². The predicted molar refractivity (Wildman–Crippen MR) is 80.2 cm³/mol. The lowest BCUT2D eigenvalue weighted by Gasteiger charge is -2.22. The zero-order valence-electron chi connectivity index (χ0n) is 10.9. The molecule has 0 atom stereocenters. The first-order valence-corrected chi connectivity index (χ1v) is 7.33. The smallest absolute Gasteiger partial charge is 0.256 e. The molecule has 0 bridgehead atoms. The Morgan fingerprint density at radius 1 is 1.40 bits per heavy atom. The van der Waals surface area contributed by atoms with Crippen LogP contribution in [0, 0.1) is 0 Å². The van der Waals surface area contributed by atoms with Crippen molar-refractivity contribution >= 4 is 27.5 Å². The fourth-order valence-corrected chi connectivity index (χ4v) is 2.55. The molecule has 4 nitrogen and oxygen atoms in total. The van der Waals surface area contributed by atoms with E-state index in [0.717, 1.165) is 23.1 Å². The maximum atomic E-state index is 12.7. The van der Waals surface area contributed by atoms with E-state index in [-0.39, 0.29) is 5.91 Å². The molecule has 20 heavy (non-hydrogen) atoms. The summed E-state index contributed by atoms with van der Waals surface area (Å²) in [4.78, 5) is 14.6. The summed E-state index contributed by atoms with van der Waals surface area (Å²) in [5.41, 5.74) is 6.97. The maximum absolute atomic E-state index is 12.7. The average molecular weight is 335 g/mol. The van der Waals surface area contributed by atoms with Gasteiger partial charge in [-0.15, -0.1) is 0 Å². The number of nitrogens with two attached hydrogens (primary N) is 1. The number of amides is 1. The van der Waals surface area contributed by atoms with E-state index in [1.807, 2.05) is 23.1 Å². The highest BCUT2D eigenvalue weighted by Crippen LogP contribution is 2.31. The summed E-state index contributed by atoms with van der Waals surface area (Å²) in [6, 6.07) is 9.36. The number of carbonyl (C=O) groups is 1. The monoisotopic (exact) mass is 334 g/mol. The zero-order chi connectivity index (χ0) is 14.1. The lowest BCUT2D eigenvalue weighted by molar-refractivity contribution is 0.0718. The van der Waals surface area contributed by atoms with Gasteiger partial charge in [-0.3, -0.25) is 4.79 Å². The van der Waals surface area contributed by atoms with Gasteiger partial charge in [0, 0.05) is 16.2 Å². The van der Waals surface area contributed by atoms with Crippen molar-refractivity contribution in [1.29, 1.82) is 0 Å². The Hall–Kier alpha value is -1.75. The maximum Gasteiger partial charge on any atom is 0.256 e. The summed E-state index contributed by atoms with van der Waals surface area (Å²) < 4.78 is 6.20. The summed E-state index contributed by atoms with van der Waals surface area (Å²) in [6.07, 6.45) is 3.71. The number of halogens is 1. The standard InChI is InChI=1S/C15H15BrN2O2/c16-10-3-6-14(17)13(8-10)15(19)18(11-4-5-11)9-12-2-1-7-20-12/h1-3,6-8,11H,4-5,9,17H2. The Labute approximate surface area is 125 Å². The first kappa shape index (κ1) is 13.2. The fraction of sp³-hybridized carbons (Fsp3) is 0.267. The third-order valence-electron chi connectivity index (χ3n) is 3.40. The third-order valence-corrected chi connectivity index (χ3v) is 3.89. The number of nitrogen functional groups attached to an aromatic ring is 1. The van der Waals surface area contributed by atoms with Crippen LogP contribution < -0.4 is 5.73 Å². The fourth-order valence-electron chi connectivity index (χ4n) is 2.19. The van der Waals surface area contributed by atoms with E-state index in [4.69, 9.17) is 10.2 Å². The number of benzene rings is 1. The molecule has 0 aliphatic heterocycles. The van der Waals surface area contributed by atoms with E-state index in [0.29, 0.717) is 23.8 Å². The van der Waals surface area contributed by atoms with Gasteiger partial charge in [-0.05, 0) is 43.2 Å². The Morgan fingerprint density at radius 2 is 2.20 bits per heavy atom. The van der Waals surface area contributed by atoms with E-state index in [1.165, 1.54) is 0 Å². The SMILES string of the molecule is Nc1ccc(Br)cc1C(=O)N(Cc1ccco1)C1CC1. The van der Waals surface area contributed by atoms with Crippen molar-refractivity contribution in [3.63, 3.8) is 0 Å². The number of hydrogen-bond acceptors (Lipinski definition) is 3. The van der Waals surface area contributed by atoms with Crippen molar-refractivity contribution in [3.05, 3.63) is 52.4 Å². The van der Waals surface area contributed by atoms with E-state index in [1.54, 1.807) is 18.4 Å². The Kier molecular flexibility index (Phi) is 3.53. The molecule has 104 valence electrons. The summed E-state index contributed by atoms with van der Waals surface area (Å²) in [5, 5.41) is 0. The molecule has 0 unspecified atom stereocenters. The molecule has 1 aliphatic carbocycles. The topological polar surface area (TPSA) is 59.5 Å². The molecule has 1 aromatic carbocycles. The molecule has 1 fully saturated rings. The minimum Gasteiger partial charge on any atom is -0.467 e. The van der Waals surface area contributed by atoms with Gasteiger partial charge in [0.2, 0.25) is 0 Å². The van der Waals surface area contributed by atoms with Gasteiger partial charge >= 0.3 is 0 Å². The number of furan rings is 1. The van der Waals surface area contributed by atoms with Crippen LogP contribution in [0.15, 0.2) is 45.5 Å². The molecule has 1 saturated carbocycles. The van der Waals surface area contributed by atoms with E-state index in [2.05, 4.69) is 15.9 Å². The minimum atomic E-state index is -0.0392. The Balaban J connectivity index is 1.87. The molecule has 0 spiro atoms. The van der Waals surface area contributed by atoms with Gasteiger partial charge in [-0.2, -0.15) is 0 Å². The van der Waals surface area contributed by atoms with Gasteiger partial charge in [-0.1, -0.05) is 15.9 Å². The molecular formula is C15H15BrN2O2. The van der Waals surface area contributed by atoms with Crippen LogP contribution in [0.3, 0.4) is 0 Å². The highest BCUT2D eigenvalue weighted by molar-refractivity contribution is 9.10. The van der Waals surface area contributed by atoms with Crippen molar-refractivity contribution in [3.8, 4) is 0 Å². The molecule has 0 saturated heterocycles. The van der Waals surface area contributed by atoms with Crippen molar-refractivity contribution in [1.82, 2.24) is 4.90 Å². The first-order chi connectivity index (χ1) is 9.65. The lowest BCUT2D eigenvalue weighted by atomic mass is 10.1. The Bertz CT molecular complexity index is 621. The highest BCUT2D eigenvalue weighted by atomic mass is 79.9. The van der Waals surface area contributed by atoms with Crippen LogP contribution in [0.5, 0.6) is 0 Å². The van der Waals surface area contributed by atoms with Gasteiger partial charge in [0.05, 0.1) is 18.4 Å². The number of hydrogen-bond donors (Lipinski definition) is 1. The van der Waals surface area contributed by atoms with E-state index >= 15 is 0 Å². The summed E-state index contributed by atoms with van der Waals surface area (Å²) in [7, 11) is 0. The quantitative estimate of drug-likeness (QED) is 0.871. The predicted octanol–water partition coefficient (Wildman–Crippen LogP) is 3.43. The van der Waals surface area contributed by atoms with Crippen molar-refractivity contribution in [2.75, 3.05) is 5.73 Å². The molecule has 1 aliphatic rings. The second-order valence-corrected chi connectivity index (χ2v) is 5.89. The van der Waals surface area contributed by atoms with Gasteiger partial charge in [0.25, 0.3) is 5.91 Å². The average Bonchev–Trinajstić information content (AvgIpc) is 3.15. The van der Waals surface area contributed by atoms with Gasteiger partial charge < -0.3 is 15.1 Å². The van der Waals surface area contributed by atoms with Crippen LogP contribution in [0.4, 0.5) is 5.69 Å². The Morgan fingerprint density at radius 3 is 2.85 bits per heavy atom. The molecule has 2 aromatic rings. The second kappa shape index (κ2) is 5.32. The second-order valence-electron chi connectivity index (χ2n) is 4.98. The molecule has 0 radical (unpaired) electrons. The number of carbonyl (C=O) groups excluding carboxylic acids is 1. The largest absolute Gasteiger partial charge is 0.467 e. The van der Waals surface area contributed by atoms with Crippen LogP contribution >= 0.6 is 15.9 Å². The molecular weight excluding hydrogens is 320 g/mol. The molecule has 1 heterocycles. The summed E-state index contributed by atoms with van der Waals surface area (Å²) in [5.74, 6) is 0.751. The lowest BCUT2D eigenvalue weighted by Crippen LogP contribution is -2.33. The van der Waals surface area contributed by atoms with Crippen LogP contribution in [0.25, 0.3) is 0 Å². The number of rotatable bonds is 4. The van der Waals surface area contributed by atoms with Gasteiger partial charge in [0.15, 0.2) is 0 Å². The molecule has 3 rings (SSSR count). The van der Waals surface area contributed by atoms with Crippen LogP contribution in [-0.4, -0.2) is 16.8 Å². The number of nitrogens with zero attached hydrogens (tertiary/aromatic N) is 1. The van der Waals surface area contributed by atoms with Crippen molar-refractivity contribution < 1.29 is 9.21 Å². The molecule has 1 amide bonds. The van der Waals surface area contributed by atoms with E-state index < -0.39 is 0 Å². The van der Waals surface area contributed by atoms with Crippen LogP contribution in [0.1, 0.15) is 29.0 Å². The highest BCUT2D eigenvalue weighted by Gasteiger charge is 2.34. The summed E-state index contributed by atoms with van der Waals surface area (Å²) >= 11 is 3.38. The van der Waals surface area contributed by atoms with Crippen molar-refractivity contribution in [2.45, 2.75) is 25.4 Å². The molecule has 5 heteroatoms. The van der Waals surface area contributed by atoms with Crippen LogP contribution in [0.2, 0.25) is 0 Å². The number of anilines is 1.